The lowest BCUT2D eigenvalue weighted by molar-refractivity contribution is 0.0242. The maximum Gasteiger partial charge on any atom is 0.243 e. The van der Waals surface area contributed by atoms with Crippen LogP contribution < -0.4 is 10.6 Å². The van der Waals surface area contributed by atoms with E-state index in [1.54, 1.807) is 35.6 Å². The largest absolute Gasteiger partial charge is 0.373 e. The van der Waals surface area contributed by atoms with Gasteiger partial charge in [0.05, 0.1) is 10.5 Å². The number of nitrogens with one attached hydrogen (secondary N) is 2. The van der Waals surface area contributed by atoms with Crippen molar-refractivity contribution in [3.8, 4) is 0 Å². The van der Waals surface area contributed by atoms with Crippen molar-refractivity contribution in [2.75, 3.05) is 39.8 Å². The van der Waals surface area contributed by atoms with Gasteiger partial charge < -0.3 is 15.4 Å². The Labute approximate surface area is 168 Å². The Morgan fingerprint density at radius 2 is 1.96 bits per heavy atom. The molecular weight excluding hydrogens is 376 g/mol. The van der Waals surface area contributed by atoms with Crippen LogP contribution in [0.15, 0.2) is 40.2 Å². The maximum absolute atomic E-state index is 12.7. The molecule has 0 saturated carbocycles. The second-order valence-electron chi connectivity index (χ2n) is 7.87. The number of rotatable bonds is 6. The molecule has 8 heteroatoms. The van der Waals surface area contributed by atoms with Gasteiger partial charge in [0.15, 0.2) is 5.96 Å². The second kappa shape index (κ2) is 9.24. The highest BCUT2D eigenvalue weighted by atomic mass is 32.2. The molecule has 2 N–H and O–H groups in total. The molecule has 0 aliphatic carbocycles. The SMILES string of the molecule is CN=C(NCC1CCN(S(=O)(=O)c2ccccc2)CC1)NCC1(C)CCCO1. The van der Waals surface area contributed by atoms with Crippen molar-refractivity contribution in [2.45, 2.75) is 43.1 Å². The molecule has 2 aliphatic rings. The van der Waals surface area contributed by atoms with E-state index in [2.05, 4.69) is 22.5 Å². The van der Waals surface area contributed by atoms with Crippen LogP contribution in [-0.2, 0) is 14.8 Å². The number of benzene rings is 1. The summed E-state index contributed by atoms with van der Waals surface area (Å²) in [6.45, 7) is 5.60. The van der Waals surface area contributed by atoms with Gasteiger partial charge in [0, 0.05) is 39.8 Å². The van der Waals surface area contributed by atoms with Gasteiger partial charge in [0.1, 0.15) is 0 Å². The average Bonchev–Trinajstić information content (AvgIpc) is 3.16. The smallest absolute Gasteiger partial charge is 0.243 e. The number of piperidine rings is 1. The summed E-state index contributed by atoms with van der Waals surface area (Å²) in [7, 11) is -1.62. The number of nitrogens with zero attached hydrogens (tertiary/aromatic N) is 2. The molecule has 1 atom stereocenters. The average molecular weight is 409 g/mol. The molecule has 7 nitrogen and oxygen atoms in total. The minimum Gasteiger partial charge on any atom is -0.373 e. The number of sulfonamides is 1. The van der Waals surface area contributed by atoms with Crippen LogP contribution in [0.2, 0.25) is 0 Å². The van der Waals surface area contributed by atoms with E-state index in [0.717, 1.165) is 51.3 Å². The zero-order valence-corrected chi connectivity index (χ0v) is 17.7. The fraction of sp³-hybridized carbons (Fsp3) is 0.650. The zero-order chi connectivity index (χ0) is 20.0. The van der Waals surface area contributed by atoms with Crippen molar-refractivity contribution in [3.05, 3.63) is 30.3 Å². The van der Waals surface area contributed by atoms with Gasteiger partial charge in [-0.05, 0) is 50.7 Å². The monoisotopic (exact) mass is 408 g/mol. The Hall–Kier alpha value is -1.64. The summed E-state index contributed by atoms with van der Waals surface area (Å²) in [5, 5.41) is 6.73. The lowest BCUT2D eigenvalue weighted by Gasteiger charge is -2.31. The van der Waals surface area contributed by atoms with Gasteiger partial charge >= 0.3 is 0 Å². The molecular formula is C20H32N4O3S. The quantitative estimate of drug-likeness (QED) is 0.554. The Kier molecular flexibility index (Phi) is 6.95. The van der Waals surface area contributed by atoms with Gasteiger partial charge in [-0.1, -0.05) is 18.2 Å². The molecule has 28 heavy (non-hydrogen) atoms. The molecule has 3 rings (SSSR count). The molecule has 0 spiro atoms. The highest BCUT2D eigenvalue weighted by molar-refractivity contribution is 7.89. The first-order valence-electron chi connectivity index (χ1n) is 10.1. The minimum absolute atomic E-state index is 0.116. The topological polar surface area (TPSA) is 83.0 Å². The third-order valence-corrected chi connectivity index (χ3v) is 7.58. The predicted octanol–water partition coefficient (Wildman–Crippen LogP) is 1.82. The Bertz CT molecular complexity index is 753. The van der Waals surface area contributed by atoms with E-state index in [1.807, 2.05) is 6.07 Å². The van der Waals surface area contributed by atoms with Gasteiger partial charge in [0.25, 0.3) is 0 Å². The van der Waals surface area contributed by atoms with Gasteiger partial charge in [-0.25, -0.2) is 8.42 Å². The van der Waals surface area contributed by atoms with Crippen LogP contribution in [0.4, 0.5) is 0 Å². The summed E-state index contributed by atoms with van der Waals surface area (Å²) in [6.07, 6.45) is 3.85. The van der Waals surface area contributed by atoms with E-state index >= 15 is 0 Å². The molecule has 2 fully saturated rings. The van der Waals surface area contributed by atoms with Crippen molar-refractivity contribution in [1.29, 1.82) is 0 Å². The number of ether oxygens (including phenoxy) is 1. The Morgan fingerprint density at radius 3 is 2.57 bits per heavy atom. The van der Waals surface area contributed by atoms with Crippen molar-refractivity contribution in [3.63, 3.8) is 0 Å². The minimum atomic E-state index is -3.38. The molecule has 1 aromatic carbocycles. The summed E-state index contributed by atoms with van der Waals surface area (Å²) in [6, 6.07) is 8.68. The molecule has 1 unspecified atom stereocenters. The van der Waals surface area contributed by atoms with Crippen molar-refractivity contribution in [1.82, 2.24) is 14.9 Å². The predicted molar refractivity (Wildman–Crippen MR) is 111 cm³/mol. The fourth-order valence-corrected chi connectivity index (χ4v) is 5.29. The molecule has 0 radical (unpaired) electrons. The summed E-state index contributed by atoms with van der Waals surface area (Å²) in [4.78, 5) is 4.66. The van der Waals surface area contributed by atoms with Crippen LogP contribution in [0.5, 0.6) is 0 Å². The van der Waals surface area contributed by atoms with Crippen molar-refractivity contribution >= 4 is 16.0 Å². The number of guanidine groups is 1. The van der Waals surface area contributed by atoms with E-state index in [-0.39, 0.29) is 5.60 Å². The van der Waals surface area contributed by atoms with Crippen LogP contribution in [0, 0.1) is 5.92 Å². The summed E-state index contributed by atoms with van der Waals surface area (Å²) < 4.78 is 32.8. The Balaban J connectivity index is 1.44. The fourth-order valence-electron chi connectivity index (χ4n) is 3.80. The van der Waals surface area contributed by atoms with E-state index in [1.165, 1.54) is 0 Å². The first-order chi connectivity index (χ1) is 13.4. The van der Waals surface area contributed by atoms with Gasteiger partial charge in [-0.15, -0.1) is 0 Å². The van der Waals surface area contributed by atoms with Crippen molar-refractivity contribution in [2.24, 2.45) is 10.9 Å². The lowest BCUT2D eigenvalue weighted by Crippen LogP contribution is -2.47. The molecule has 2 heterocycles. The molecule has 0 bridgehead atoms. The summed E-state index contributed by atoms with van der Waals surface area (Å²) in [5.74, 6) is 1.20. The third-order valence-electron chi connectivity index (χ3n) is 5.67. The first kappa shape index (κ1) is 21.1. The third kappa shape index (κ3) is 5.24. The van der Waals surface area contributed by atoms with Crippen LogP contribution >= 0.6 is 0 Å². The number of hydrogen-bond donors (Lipinski definition) is 2. The van der Waals surface area contributed by atoms with Gasteiger partial charge in [-0.2, -0.15) is 4.31 Å². The van der Waals surface area contributed by atoms with Crippen LogP contribution in [-0.4, -0.2) is 64.1 Å². The molecule has 1 aromatic rings. The first-order valence-corrected chi connectivity index (χ1v) is 11.5. The van der Waals surface area contributed by atoms with Crippen molar-refractivity contribution < 1.29 is 13.2 Å². The number of hydrogen-bond acceptors (Lipinski definition) is 4. The maximum atomic E-state index is 12.7. The van der Waals surface area contributed by atoms with Crippen LogP contribution in [0.25, 0.3) is 0 Å². The van der Waals surface area contributed by atoms with Gasteiger partial charge in [0.2, 0.25) is 10.0 Å². The highest BCUT2D eigenvalue weighted by Gasteiger charge is 2.31. The van der Waals surface area contributed by atoms with Crippen LogP contribution in [0.1, 0.15) is 32.6 Å². The zero-order valence-electron chi connectivity index (χ0n) is 16.9. The molecule has 2 saturated heterocycles. The van der Waals surface area contributed by atoms with E-state index < -0.39 is 10.0 Å². The second-order valence-corrected chi connectivity index (χ2v) is 9.81. The lowest BCUT2D eigenvalue weighted by atomic mass is 9.98. The Morgan fingerprint density at radius 1 is 1.25 bits per heavy atom. The molecule has 2 aliphatic heterocycles. The normalized spacial score (nSPS) is 25.0. The highest BCUT2D eigenvalue weighted by Crippen LogP contribution is 2.24. The molecule has 0 aromatic heterocycles. The standard InChI is InChI=1S/C20H32N4O3S/c1-20(11-6-14-27-20)16-23-19(21-2)22-15-17-9-12-24(13-10-17)28(25,26)18-7-4-3-5-8-18/h3-5,7-8,17H,6,9-16H2,1-2H3,(H2,21,22,23). The summed E-state index contributed by atoms with van der Waals surface area (Å²) in [5.41, 5.74) is -0.116. The van der Waals surface area contributed by atoms with Gasteiger partial charge in [-0.3, -0.25) is 4.99 Å². The van der Waals surface area contributed by atoms with E-state index in [9.17, 15) is 8.42 Å². The number of aliphatic imine (C=N–C) groups is 1. The molecule has 0 amide bonds. The van der Waals surface area contributed by atoms with E-state index in [0.29, 0.717) is 23.9 Å². The summed E-state index contributed by atoms with van der Waals surface area (Å²) >= 11 is 0. The van der Waals surface area contributed by atoms with E-state index in [4.69, 9.17) is 4.74 Å². The van der Waals surface area contributed by atoms with Crippen LogP contribution in [0.3, 0.4) is 0 Å². The molecule has 156 valence electrons.